The second kappa shape index (κ2) is 6.46. The van der Waals surface area contributed by atoms with Crippen LogP contribution in [-0.4, -0.2) is 47.6 Å². The lowest BCUT2D eigenvalue weighted by molar-refractivity contribution is -0.144. The van der Waals surface area contributed by atoms with Gasteiger partial charge in [-0.15, -0.1) is 0 Å². The Morgan fingerprint density at radius 1 is 1.33 bits per heavy atom. The van der Waals surface area contributed by atoms with Crippen molar-refractivity contribution < 1.29 is 13.2 Å². The molecule has 1 atom stereocenters. The highest BCUT2D eigenvalue weighted by Gasteiger charge is 2.35. The van der Waals surface area contributed by atoms with Crippen LogP contribution < -0.4 is 10.6 Å². The Hall–Kier alpha value is -1.57. The van der Waals surface area contributed by atoms with Crippen molar-refractivity contribution in [3.8, 4) is 0 Å². The number of nitrogens with one attached hydrogen (secondary N) is 2. The van der Waals surface area contributed by atoms with Gasteiger partial charge in [-0.05, 0) is 26.4 Å². The summed E-state index contributed by atoms with van der Waals surface area (Å²) in [5, 5.41) is 5.95. The van der Waals surface area contributed by atoms with E-state index in [0.717, 1.165) is 25.9 Å². The van der Waals surface area contributed by atoms with Crippen LogP contribution in [0.2, 0.25) is 0 Å². The van der Waals surface area contributed by atoms with Crippen molar-refractivity contribution in [2.24, 2.45) is 0 Å². The zero-order valence-corrected chi connectivity index (χ0v) is 12.2. The van der Waals surface area contributed by atoms with E-state index in [-0.39, 0.29) is 17.7 Å². The van der Waals surface area contributed by atoms with Gasteiger partial charge >= 0.3 is 6.18 Å². The molecule has 1 fully saturated rings. The van der Waals surface area contributed by atoms with Crippen LogP contribution in [0, 0.1) is 0 Å². The van der Waals surface area contributed by atoms with E-state index in [1.165, 1.54) is 6.07 Å². The first kappa shape index (κ1) is 15.8. The predicted octanol–water partition coefficient (Wildman–Crippen LogP) is 2.43. The minimum atomic E-state index is -4.55. The number of alkyl halides is 3. The maximum Gasteiger partial charge on any atom is 0.451 e. The summed E-state index contributed by atoms with van der Waals surface area (Å²) in [5.74, 6) is -0.693. The molecule has 21 heavy (non-hydrogen) atoms. The Morgan fingerprint density at radius 2 is 2.05 bits per heavy atom. The van der Waals surface area contributed by atoms with Crippen LogP contribution in [0.1, 0.15) is 25.6 Å². The molecule has 2 heterocycles. The average Bonchev–Trinajstić information content (AvgIpc) is 2.80. The van der Waals surface area contributed by atoms with E-state index in [4.69, 9.17) is 0 Å². The largest absolute Gasteiger partial charge is 0.451 e. The molecule has 0 saturated carbocycles. The fourth-order valence-electron chi connectivity index (χ4n) is 2.25. The second-order valence-corrected chi connectivity index (χ2v) is 5.28. The Bertz CT molecular complexity index is 477. The summed E-state index contributed by atoms with van der Waals surface area (Å²) in [4.78, 5) is 9.25. The summed E-state index contributed by atoms with van der Waals surface area (Å²) in [6.07, 6.45) is -2.85. The van der Waals surface area contributed by atoms with Crippen LogP contribution >= 0.6 is 0 Å². The van der Waals surface area contributed by atoms with Crippen molar-refractivity contribution in [1.82, 2.24) is 14.9 Å². The van der Waals surface area contributed by atoms with Gasteiger partial charge in [0.25, 0.3) is 0 Å². The molecular formula is C13H20F3N5. The third kappa shape index (κ3) is 4.45. The molecule has 118 valence electrons. The van der Waals surface area contributed by atoms with Gasteiger partial charge in [0.15, 0.2) is 0 Å². The molecule has 0 aromatic carbocycles. The normalized spacial score (nSPS) is 19.8. The number of hydrogen-bond acceptors (Lipinski definition) is 5. The standard InChI is InChI=1S/C13H20F3N5/c1-3-5-17-10-7-11(18-9-4-6-21(2)8-9)20-12(19-10)13(14,15)16/h7,9H,3-6,8H2,1-2H3,(H2,17,18,19,20). The molecule has 1 saturated heterocycles. The Kier molecular flexibility index (Phi) is 4.87. The molecule has 2 rings (SSSR count). The number of nitrogens with zero attached hydrogens (tertiary/aromatic N) is 3. The smallest absolute Gasteiger partial charge is 0.370 e. The molecule has 0 bridgehead atoms. The summed E-state index contributed by atoms with van der Waals surface area (Å²) in [5.41, 5.74) is 0. The molecule has 1 aliphatic rings. The summed E-state index contributed by atoms with van der Waals surface area (Å²) in [7, 11) is 1.98. The lowest BCUT2D eigenvalue weighted by atomic mass is 10.2. The molecule has 1 aromatic heterocycles. The van der Waals surface area contributed by atoms with E-state index in [2.05, 4.69) is 25.5 Å². The second-order valence-electron chi connectivity index (χ2n) is 5.28. The van der Waals surface area contributed by atoms with Crippen LogP contribution in [0.25, 0.3) is 0 Å². The maximum atomic E-state index is 12.9. The van der Waals surface area contributed by atoms with Gasteiger partial charge in [0.2, 0.25) is 5.82 Å². The number of anilines is 2. The third-order valence-corrected chi connectivity index (χ3v) is 3.28. The molecule has 1 aliphatic heterocycles. The first-order chi connectivity index (χ1) is 9.88. The molecule has 2 N–H and O–H groups in total. The van der Waals surface area contributed by atoms with E-state index in [9.17, 15) is 13.2 Å². The van der Waals surface area contributed by atoms with Gasteiger partial charge in [-0.25, -0.2) is 9.97 Å². The first-order valence-electron chi connectivity index (χ1n) is 7.03. The quantitative estimate of drug-likeness (QED) is 0.875. The molecular weight excluding hydrogens is 283 g/mol. The highest BCUT2D eigenvalue weighted by molar-refractivity contribution is 5.48. The zero-order valence-electron chi connectivity index (χ0n) is 12.2. The lowest BCUT2D eigenvalue weighted by Crippen LogP contribution is -2.25. The molecule has 8 heteroatoms. The van der Waals surface area contributed by atoms with Crippen LogP contribution in [0.3, 0.4) is 0 Å². The molecule has 0 amide bonds. The van der Waals surface area contributed by atoms with Crippen molar-refractivity contribution in [2.75, 3.05) is 37.3 Å². The zero-order chi connectivity index (χ0) is 15.5. The van der Waals surface area contributed by atoms with Crippen molar-refractivity contribution >= 4 is 11.6 Å². The van der Waals surface area contributed by atoms with Gasteiger partial charge in [-0.3, -0.25) is 0 Å². The number of hydrogen-bond donors (Lipinski definition) is 2. The van der Waals surface area contributed by atoms with Gasteiger partial charge < -0.3 is 15.5 Å². The number of rotatable bonds is 5. The summed E-state index contributed by atoms with van der Waals surface area (Å²) < 4.78 is 38.6. The van der Waals surface area contributed by atoms with Gasteiger partial charge in [-0.1, -0.05) is 6.92 Å². The number of likely N-dealkylation sites (tertiary alicyclic amines) is 1. The van der Waals surface area contributed by atoms with Crippen molar-refractivity contribution in [2.45, 2.75) is 32.0 Å². The van der Waals surface area contributed by atoms with Crippen LogP contribution in [0.15, 0.2) is 6.07 Å². The predicted molar refractivity (Wildman–Crippen MR) is 75.3 cm³/mol. The fraction of sp³-hybridized carbons (Fsp3) is 0.692. The molecule has 1 unspecified atom stereocenters. The number of likely N-dealkylation sites (N-methyl/N-ethyl adjacent to an activating group) is 1. The van der Waals surface area contributed by atoms with E-state index in [0.29, 0.717) is 6.54 Å². The van der Waals surface area contributed by atoms with Crippen LogP contribution in [0.5, 0.6) is 0 Å². The SMILES string of the molecule is CCCNc1cc(NC2CCN(C)C2)nc(C(F)(F)F)n1. The van der Waals surface area contributed by atoms with Gasteiger partial charge in [0.05, 0.1) is 0 Å². The third-order valence-electron chi connectivity index (χ3n) is 3.28. The topological polar surface area (TPSA) is 53.1 Å². The lowest BCUT2D eigenvalue weighted by Gasteiger charge is -2.16. The van der Waals surface area contributed by atoms with Crippen LogP contribution in [0.4, 0.5) is 24.8 Å². The van der Waals surface area contributed by atoms with E-state index in [1.54, 1.807) is 0 Å². The Morgan fingerprint density at radius 3 is 2.62 bits per heavy atom. The molecule has 0 spiro atoms. The highest BCUT2D eigenvalue weighted by Crippen LogP contribution is 2.28. The maximum absolute atomic E-state index is 12.9. The van der Waals surface area contributed by atoms with Gasteiger partial charge in [0.1, 0.15) is 11.6 Å². The average molecular weight is 303 g/mol. The molecule has 5 nitrogen and oxygen atoms in total. The Balaban J connectivity index is 2.18. The van der Waals surface area contributed by atoms with Crippen molar-refractivity contribution in [3.05, 3.63) is 11.9 Å². The Labute approximate surface area is 122 Å². The van der Waals surface area contributed by atoms with E-state index in [1.807, 2.05) is 14.0 Å². The van der Waals surface area contributed by atoms with E-state index >= 15 is 0 Å². The van der Waals surface area contributed by atoms with Crippen LogP contribution in [-0.2, 0) is 6.18 Å². The molecule has 0 radical (unpaired) electrons. The minimum Gasteiger partial charge on any atom is -0.370 e. The summed E-state index contributed by atoms with van der Waals surface area (Å²) in [6.45, 7) is 4.23. The summed E-state index contributed by atoms with van der Waals surface area (Å²) >= 11 is 0. The summed E-state index contributed by atoms with van der Waals surface area (Å²) in [6, 6.07) is 1.65. The fourth-order valence-corrected chi connectivity index (χ4v) is 2.25. The van der Waals surface area contributed by atoms with Gasteiger partial charge in [-0.2, -0.15) is 13.2 Å². The highest BCUT2D eigenvalue weighted by atomic mass is 19.4. The van der Waals surface area contributed by atoms with Gasteiger partial charge in [0, 0.05) is 25.2 Å². The first-order valence-corrected chi connectivity index (χ1v) is 7.03. The molecule has 1 aromatic rings. The molecule has 0 aliphatic carbocycles. The van der Waals surface area contributed by atoms with Crippen molar-refractivity contribution in [1.29, 1.82) is 0 Å². The van der Waals surface area contributed by atoms with Crippen molar-refractivity contribution in [3.63, 3.8) is 0 Å². The minimum absolute atomic E-state index is 0.116. The number of halogens is 3. The van der Waals surface area contributed by atoms with E-state index < -0.39 is 12.0 Å². The number of aromatic nitrogens is 2. The monoisotopic (exact) mass is 303 g/mol.